The van der Waals surface area contributed by atoms with Crippen LogP contribution in [0.5, 0.6) is 17.2 Å². The molecule has 28 heavy (non-hydrogen) atoms. The van der Waals surface area contributed by atoms with Gasteiger partial charge in [0, 0.05) is 11.6 Å². The quantitative estimate of drug-likeness (QED) is 0.458. The van der Waals surface area contributed by atoms with E-state index in [1.165, 1.54) is 0 Å². The van der Waals surface area contributed by atoms with E-state index >= 15 is 0 Å². The summed E-state index contributed by atoms with van der Waals surface area (Å²) in [6, 6.07) is 24.4. The number of pyridine rings is 1. The first-order valence-corrected chi connectivity index (χ1v) is 9.01. The molecule has 0 aliphatic rings. The Labute approximate surface area is 164 Å². The van der Waals surface area contributed by atoms with Gasteiger partial charge in [0.25, 0.3) is 0 Å². The summed E-state index contributed by atoms with van der Waals surface area (Å²) in [5.74, 6) is 1.76. The number of hydrogen-bond donors (Lipinski definition) is 0. The first-order valence-electron chi connectivity index (χ1n) is 9.01. The highest BCUT2D eigenvalue weighted by Crippen LogP contribution is 2.47. The van der Waals surface area contributed by atoms with Crippen LogP contribution in [-0.2, 0) is 0 Å². The second-order valence-electron chi connectivity index (χ2n) is 6.33. The van der Waals surface area contributed by atoms with Gasteiger partial charge in [0.2, 0.25) is 5.75 Å². The summed E-state index contributed by atoms with van der Waals surface area (Å²) in [5.41, 5.74) is 4.84. The number of benzene rings is 3. The van der Waals surface area contributed by atoms with Crippen molar-refractivity contribution < 1.29 is 14.2 Å². The molecule has 0 spiro atoms. The number of ether oxygens (including phenoxy) is 3. The third-order valence-corrected chi connectivity index (χ3v) is 4.75. The monoisotopic (exact) mass is 371 g/mol. The Morgan fingerprint density at radius 1 is 0.643 bits per heavy atom. The second-order valence-corrected chi connectivity index (χ2v) is 6.33. The maximum absolute atomic E-state index is 5.75. The van der Waals surface area contributed by atoms with E-state index in [1.807, 2.05) is 42.5 Å². The minimum atomic E-state index is 0.559. The Balaban J connectivity index is 2.13. The van der Waals surface area contributed by atoms with Gasteiger partial charge in [0.05, 0.1) is 37.9 Å². The molecule has 3 aromatic carbocycles. The normalized spacial score (nSPS) is 10.7. The molecule has 0 bridgehead atoms. The fraction of sp³-hybridized carbons (Fsp3) is 0.125. The van der Waals surface area contributed by atoms with Crippen LogP contribution in [0.15, 0.2) is 72.8 Å². The largest absolute Gasteiger partial charge is 0.493 e. The number of nitrogens with zero attached hydrogens (tertiary/aromatic N) is 1. The van der Waals surface area contributed by atoms with Gasteiger partial charge in [-0.2, -0.15) is 0 Å². The number of rotatable bonds is 5. The van der Waals surface area contributed by atoms with Crippen LogP contribution < -0.4 is 14.2 Å². The van der Waals surface area contributed by atoms with Gasteiger partial charge < -0.3 is 14.2 Å². The molecule has 0 N–H and O–H groups in total. The third-order valence-electron chi connectivity index (χ3n) is 4.75. The van der Waals surface area contributed by atoms with Crippen LogP contribution in [0.2, 0.25) is 0 Å². The van der Waals surface area contributed by atoms with Gasteiger partial charge in [-0.05, 0) is 17.2 Å². The lowest BCUT2D eigenvalue weighted by atomic mass is 9.97. The van der Waals surface area contributed by atoms with Crippen LogP contribution in [0.3, 0.4) is 0 Å². The van der Waals surface area contributed by atoms with Crippen LogP contribution >= 0.6 is 0 Å². The topological polar surface area (TPSA) is 40.6 Å². The van der Waals surface area contributed by atoms with Crippen LogP contribution in [0, 0.1) is 0 Å². The van der Waals surface area contributed by atoms with Gasteiger partial charge in [-0.15, -0.1) is 0 Å². The number of methoxy groups -OCH3 is 3. The molecule has 4 rings (SSSR count). The van der Waals surface area contributed by atoms with Crippen molar-refractivity contribution >= 4 is 10.9 Å². The van der Waals surface area contributed by atoms with Crippen LogP contribution in [0.25, 0.3) is 33.3 Å². The molecule has 0 saturated carbocycles. The van der Waals surface area contributed by atoms with E-state index in [-0.39, 0.29) is 0 Å². The maximum Gasteiger partial charge on any atom is 0.204 e. The van der Waals surface area contributed by atoms with E-state index in [0.29, 0.717) is 17.2 Å². The molecule has 0 unspecified atom stereocenters. The van der Waals surface area contributed by atoms with Gasteiger partial charge in [0.15, 0.2) is 11.5 Å². The maximum atomic E-state index is 5.75. The van der Waals surface area contributed by atoms with Crippen LogP contribution in [0.4, 0.5) is 0 Å². The molecule has 4 nitrogen and oxygen atoms in total. The molecule has 0 saturated heterocycles. The molecule has 0 radical (unpaired) electrons. The molecule has 1 heterocycles. The lowest BCUT2D eigenvalue weighted by Gasteiger charge is -2.18. The van der Waals surface area contributed by atoms with E-state index in [2.05, 4.69) is 30.3 Å². The first kappa shape index (κ1) is 17.9. The zero-order valence-electron chi connectivity index (χ0n) is 16.1. The van der Waals surface area contributed by atoms with E-state index in [4.69, 9.17) is 19.2 Å². The van der Waals surface area contributed by atoms with Gasteiger partial charge in [0.1, 0.15) is 0 Å². The summed E-state index contributed by atoms with van der Waals surface area (Å²) < 4.78 is 16.9. The molecular weight excluding hydrogens is 350 g/mol. The average molecular weight is 371 g/mol. The van der Waals surface area contributed by atoms with Crippen LogP contribution in [0.1, 0.15) is 0 Å². The fourth-order valence-corrected chi connectivity index (χ4v) is 3.46. The van der Waals surface area contributed by atoms with Gasteiger partial charge in [-0.25, -0.2) is 4.98 Å². The summed E-state index contributed by atoms with van der Waals surface area (Å²) in [6.07, 6.45) is 0. The Morgan fingerprint density at radius 2 is 1.25 bits per heavy atom. The van der Waals surface area contributed by atoms with Crippen LogP contribution in [-0.4, -0.2) is 26.3 Å². The highest BCUT2D eigenvalue weighted by Gasteiger charge is 2.21. The number of hydrogen-bond acceptors (Lipinski definition) is 4. The van der Waals surface area contributed by atoms with Crippen molar-refractivity contribution in [1.82, 2.24) is 4.98 Å². The van der Waals surface area contributed by atoms with Crippen molar-refractivity contribution in [1.29, 1.82) is 0 Å². The standard InChI is InChI=1S/C24H21NO3/c1-26-21-15-20-22(24(28-3)23(21)27-2)18(16-10-6-4-7-11-16)14-19(25-20)17-12-8-5-9-13-17/h4-15H,1-3H3. The predicted octanol–water partition coefficient (Wildman–Crippen LogP) is 5.59. The Hall–Kier alpha value is -3.53. The Bertz CT molecular complexity index is 1110. The van der Waals surface area contributed by atoms with Gasteiger partial charge in [-0.3, -0.25) is 0 Å². The lowest BCUT2D eigenvalue weighted by Crippen LogP contribution is -1.99. The van der Waals surface area contributed by atoms with E-state index < -0.39 is 0 Å². The van der Waals surface area contributed by atoms with Crippen molar-refractivity contribution in [2.45, 2.75) is 0 Å². The van der Waals surface area contributed by atoms with Crippen molar-refractivity contribution in [3.63, 3.8) is 0 Å². The molecule has 0 aliphatic heterocycles. The van der Waals surface area contributed by atoms with Crippen molar-refractivity contribution in [3.8, 4) is 39.6 Å². The molecule has 0 fully saturated rings. The molecule has 0 atom stereocenters. The molecular formula is C24H21NO3. The molecule has 140 valence electrons. The van der Waals surface area contributed by atoms with E-state index in [9.17, 15) is 0 Å². The zero-order valence-corrected chi connectivity index (χ0v) is 16.1. The SMILES string of the molecule is COc1cc2nc(-c3ccccc3)cc(-c3ccccc3)c2c(OC)c1OC. The third kappa shape index (κ3) is 3.03. The number of aromatic nitrogens is 1. The van der Waals surface area contributed by atoms with Gasteiger partial charge >= 0.3 is 0 Å². The summed E-state index contributed by atoms with van der Waals surface area (Å²) in [7, 11) is 4.86. The van der Waals surface area contributed by atoms with Crippen molar-refractivity contribution in [3.05, 3.63) is 72.8 Å². The summed E-state index contributed by atoms with van der Waals surface area (Å²) in [4.78, 5) is 4.91. The second kappa shape index (κ2) is 7.61. The highest BCUT2D eigenvalue weighted by atomic mass is 16.5. The highest BCUT2D eigenvalue weighted by molar-refractivity contribution is 6.03. The Morgan fingerprint density at radius 3 is 1.82 bits per heavy atom. The van der Waals surface area contributed by atoms with E-state index in [1.54, 1.807) is 21.3 Å². The summed E-state index contributed by atoms with van der Waals surface area (Å²) in [5, 5.41) is 0.894. The smallest absolute Gasteiger partial charge is 0.204 e. The fourth-order valence-electron chi connectivity index (χ4n) is 3.46. The zero-order chi connectivity index (χ0) is 19.5. The molecule has 4 heteroatoms. The molecule has 4 aromatic rings. The van der Waals surface area contributed by atoms with Crippen molar-refractivity contribution in [2.75, 3.05) is 21.3 Å². The minimum absolute atomic E-state index is 0.559. The van der Waals surface area contributed by atoms with Crippen molar-refractivity contribution in [2.24, 2.45) is 0 Å². The lowest BCUT2D eigenvalue weighted by molar-refractivity contribution is 0.327. The predicted molar refractivity (Wildman–Crippen MR) is 112 cm³/mol. The minimum Gasteiger partial charge on any atom is -0.493 e. The first-order chi connectivity index (χ1) is 13.8. The molecule has 0 aliphatic carbocycles. The van der Waals surface area contributed by atoms with E-state index in [0.717, 1.165) is 33.3 Å². The molecule has 1 aromatic heterocycles. The summed E-state index contributed by atoms with van der Waals surface area (Å²) >= 11 is 0. The molecule has 0 amide bonds. The Kier molecular flexibility index (Phi) is 4.85. The van der Waals surface area contributed by atoms with Gasteiger partial charge in [-0.1, -0.05) is 60.7 Å². The number of fused-ring (bicyclic) bond motifs is 1. The average Bonchev–Trinajstić information content (AvgIpc) is 2.78. The summed E-state index contributed by atoms with van der Waals surface area (Å²) in [6.45, 7) is 0.